The highest BCUT2D eigenvalue weighted by atomic mass is 19.1. The molecule has 5 heteroatoms. The molecule has 0 fully saturated rings. The monoisotopic (exact) mass is 292 g/mol. The lowest BCUT2D eigenvalue weighted by Crippen LogP contribution is -2.06. The number of Topliss-reactive ketones (excluding diaryl/α,β-unsaturated/α-hetero) is 1. The second-order valence-corrected chi connectivity index (χ2v) is 4.41. The summed E-state index contributed by atoms with van der Waals surface area (Å²) in [5.41, 5.74) is 0.521. The lowest BCUT2D eigenvalue weighted by atomic mass is 10.0. The summed E-state index contributed by atoms with van der Waals surface area (Å²) in [6, 6.07) is 7.86. The normalized spacial score (nSPS) is 10.3. The van der Waals surface area contributed by atoms with Crippen molar-refractivity contribution in [1.82, 2.24) is 0 Å². The number of hydrogen-bond acceptors (Lipinski definition) is 3. The van der Waals surface area contributed by atoms with E-state index in [4.69, 9.17) is 9.47 Å². The van der Waals surface area contributed by atoms with E-state index in [1.807, 2.05) is 0 Å². The molecule has 0 aliphatic rings. The zero-order valence-electron chi connectivity index (χ0n) is 11.7. The van der Waals surface area contributed by atoms with Crippen LogP contribution >= 0.6 is 0 Å². The SMILES string of the molecule is COc1ccc(C(=O)Cc2ccc(F)cc2F)cc1OC. The van der Waals surface area contributed by atoms with Crippen LogP contribution in [-0.4, -0.2) is 20.0 Å². The molecule has 21 heavy (non-hydrogen) atoms. The zero-order valence-corrected chi connectivity index (χ0v) is 11.7. The summed E-state index contributed by atoms with van der Waals surface area (Å²) in [5, 5.41) is 0. The van der Waals surface area contributed by atoms with Crippen molar-refractivity contribution < 1.29 is 23.0 Å². The Balaban J connectivity index is 2.24. The molecule has 3 nitrogen and oxygen atoms in total. The lowest BCUT2D eigenvalue weighted by Gasteiger charge is -2.09. The van der Waals surface area contributed by atoms with Crippen LogP contribution < -0.4 is 9.47 Å². The Labute approximate surface area is 121 Å². The van der Waals surface area contributed by atoms with Gasteiger partial charge in [-0.2, -0.15) is 0 Å². The van der Waals surface area contributed by atoms with Crippen LogP contribution in [0.5, 0.6) is 11.5 Å². The molecule has 0 spiro atoms. The highest BCUT2D eigenvalue weighted by molar-refractivity contribution is 5.98. The first-order valence-corrected chi connectivity index (χ1v) is 6.24. The minimum absolute atomic E-state index is 0.149. The van der Waals surface area contributed by atoms with Crippen LogP contribution in [-0.2, 0) is 6.42 Å². The quantitative estimate of drug-likeness (QED) is 0.792. The predicted octanol–water partition coefficient (Wildman–Crippen LogP) is 3.41. The predicted molar refractivity (Wildman–Crippen MR) is 73.9 cm³/mol. The zero-order chi connectivity index (χ0) is 15.4. The van der Waals surface area contributed by atoms with Gasteiger partial charge in [0.2, 0.25) is 0 Å². The van der Waals surface area contributed by atoms with Crippen molar-refractivity contribution >= 4 is 5.78 Å². The molecule has 0 N–H and O–H groups in total. The molecule has 0 saturated heterocycles. The van der Waals surface area contributed by atoms with Crippen LogP contribution in [0, 0.1) is 11.6 Å². The van der Waals surface area contributed by atoms with Gasteiger partial charge in [-0.3, -0.25) is 4.79 Å². The number of carbonyl (C=O) groups is 1. The fourth-order valence-electron chi connectivity index (χ4n) is 1.95. The summed E-state index contributed by atoms with van der Waals surface area (Å²) >= 11 is 0. The van der Waals surface area contributed by atoms with E-state index in [9.17, 15) is 13.6 Å². The van der Waals surface area contributed by atoms with Crippen molar-refractivity contribution in [3.8, 4) is 11.5 Å². The van der Waals surface area contributed by atoms with Gasteiger partial charge in [0.25, 0.3) is 0 Å². The van der Waals surface area contributed by atoms with Gasteiger partial charge < -0.3 is 9.47 Å². The minimum Gasteiger partial charge on any atom is -0.493 e. The van der Waals surface area contributed by atoms with Gasteiger partial charge in [-0.25, -0.2) is 8.78 Å². The summed E-state index contributed by atoms with van der Waals surface area (Å²) in [6.07, 6.45) is -0.151. The molecule has 0 aliphatic carbocycles. The topological polar surface area (TPSA) is 35.5 Å². The Bertz CT molecular complexity index is 669. The molecule has 2 aromatic rings. The summed E-state index contributed by atoms with van der Waals surface area (Å²) in [4.78, 5) is 12.2. The van der Waals surface area contributed by atoms with E-state index < -0.39 is 11.6 Å². The second-order valence-electron chi connectivity index (χ2n) is 4.41. The van der Waals surface area contributed by atoms with Gasteiger partial charge in [0.15, 0.2) is 17.3 Å². The Morgan fingerprint density at radius 2 is 1.71 bits per heavy atom. The van der Waals surface area contributed by atoms with Crippen LogP contribution in [0.3, 0.4) is 0 Å². The van der Waals surface area contributed by atoms with Crippen LogP contribution in [0.15, 0.2) is 36.4 Å². The van der Waals surface area contributed by atoms with Gasteiger partial charge in [-0.05, 0) is 29.8 Å². The number of benzene rings is 2. The molecule has 110 valence electrons. The van der Waals surface area contributed by atoms with Gasteiger partial charge in [0.1, 0.15) is 11.6 Å². The van der Waals surface area contributed by atoms with Crippen molar-refractivity contribution in [2.45, 2.75) is 6.42 Å². The first-order valence-electron chi connectivity index (χ1n) is 6.24. The average molecular weight is 292 g/mol. The van der Waals surface area contributed by atoms with Crippen molar-refractivity contribution in [2.24, 2.45) is 0 Å². The third-order valence-electron chi connectivity index (χ3n) is 3.07. The maximum atomic E-state index is 13.6. The average Bonchev–Trinajstić information content (AvgIpc) is 2.49. The molecule has 0 unspecified atom stereocenters. The van der Waals surface area contributed by atoms with Gasteiger partial charge >= 0.3 is 0 Å². The minimum atomic E-state index is -0.733. The van der Waals surface area contributed by atoms with Crippen molar-refractivity contribution in [3.05, 3.63) is 59.2 Å². The Kier molecular flexibility index (Phi) is 4.52. The van der Waals surface area contributed by atoms with E-state index in [-0.39, 0.29) is 17.8 Å². The second kappa shape index (κ2) is 6.35. The van der Waals surface area contributed by atoms with Crippen molar-refractivity contribution in [3.63, 3.8) is 0 Å². The van der Waals surface area contributed by atoms with E-state index in [1.54, 1.807) is 12.1 Å². The number of ketones is 1. The maximum absolute atomic E-state index is 13.6. The molecule has 2 rings (SSSR count). The number of carbonyl (C=O) groups excluding carboxylic acids is 1. The fourth-order valence-corrected chi connectivity index (χ4v) is 1.95. The lowest BCUT2D eigenvalue weighted by molar-refractivity contribution is 0.0991. The van der Waals surface area contributed by atoms with Gasteiger partial charge in [-0.15, -0.1) is 0 Å². The molecule has 2 aromatic carbocycles. The molecule has 0 heterocycles. The van der Waals surface area contributed by atoms with Gasteiger partial charge in [-0.1, -0.05) is 6.07 Å². The van der Waals surface area contributed by atoms with Crippen molar-refractivity contribution in [1.29, 1.82) is 0 Å². The Morgan fingerprint density at radius 1 is 1.00 bits per heavy atom. The third-order valence-corrected chi connectivity index (χ3v) is 3.07. The highest BCUT2D eigenvalue weighted by Crippen LogP contribution is 2.28. The number of hydrogen-bond donors (Lipinski definition) is 0. The molecular formula is C16H14F2O3. The third kappa shape index (κ3) is 3.37. The van der Waals surface area contributed by atoms with Crippen molar-refractivity contribution in [2.75, 3.05) is 14.2 Å². The smallest absolute Gasteiger partial charge is 0.167 e. The first-order chi connectivity index (χ1) is 10.0. The van der Waals surface area contributed by atoms with Crippen LogP contribution in [0.2, 0.25) is 0 Å². The number of ether oxygens (including phenoxy) is 2. The van der Waals surface area contributed by atoms with Crippen LogP contribution in [0.25, 0.3) is 0 Å². The van der Waals surface area contributed by atoms with Crippen LogP contribution in [0.1, 0.15) is 15.9 Å². The van der Waals surface area contributed by atoms with E-state index in [1.165, 1.54) is 26.4 Å². The van der Waals surface area contributed by atoms with Gasteiger partial charge in [0.05, 0.1) is 14.2 Å². The number of halogens is 2. The van der Waals surface area contributed by atoms with E-state index in [2.05, 4.69) is 0 Å². The summed E-state index contributed by atoms with van der Waals surface area (Å²) < 4.78 is 36.6. The molecular weight excluding hydrogens is 278 g/mol. The summed E-state index contributed by atoms with van der Waals surface area (Å²) in [6.45, 7) is 0. The molecule has 0 saturated carbocycles. The molecule has 0 amide bonds. The molecule has 0 radical (unpaired) electrons. The molecule has 0 bridgehead atoms. The Morgan fingerprint density at radius 3 is 2.33 bits per heavy atom. The van der Waals surface area contributed by atoms with Crippen LogP contribution in [0.4, 0.5) is 8.78 Å². The Hall–Kier alpha value is -2.43. The summed E-state index contributed by atoms with van der Waals surface area (Å²) in [7, 11) is 2.96. The standard InChI is InChI=1S/C16H14F2O3/c1-20-15-6-4-11(8-16(15)21-2)14(19)7-10-3-5-12(17)9-13(10)18/h3-6,8-9H,7H2,1-2H3. The molecule has 0 atom stereocenters. The first kappa shape index (κ1) is 15.0. The number of methoxy groups -OCH3 is 2. The van der Waals surface area contributed by atoms with E-state index >= 15 is 0 Å². The van der Waals surface area contributed by atoms with E-state index in [0.29, 0.717) is 17.1 Å². The highest BCUT2D eigenvalue weighted by Gasteiger charge is 2.14. The number of rotatable bonds is 5. The largest absolute Gasteiger partial charge is 0.493 e. The molecule has 0 aromatic heterocycles. The molecule has 0 aliphatic heterocycles. The summed E-state index contributed by atoms with van der Waals surface area (Å²) in [5.74, 6) is -0.773. The van der Waals surface area contributed by atoms with E-state index in [0.717, 1.165) is 12.1 Å². The maximum Gasteiger partial charge on any atom is 0.167 e. The fraction of sp³-hybridized carbons (Fsp3) is 0.188. The van der Waals surface area contributed by atoms with Gasteiger partial charge in [0, 0.05) is 18.1 Å².